The summed E-state index contributed by atoms with van der Waals surface area (Å²) in [4.78, 5) is 21.7. The maximum absolute atomic E-state index is 11.8. The molecule has 0 bridgehead atoms. The van der Waals surface area contributed by atoms with Crippen molar-refractivity contribution in [3.8, 4) is 0 Å². The van der Waals surface area contributed by atoms with Crippen LogP contribution in [0.15, 0.2) is 46.2 Å². The Morgan fingerprint density at radius 2 is 1.30 bits per heavy atom. The van der Waals surface area contributed by atoms with E-state index in [1.54, 1.807) is 0 Å². The number of benzene rings is 2. The van der Waals surface area contributed by atoms with Crippen molar-refractivity contribution in [1.29, 1.82) is 0 Å². The van der Waals surface area contributed by atoms with Crippen LogP contribution >= 0.6 is 0 Å². The summed E-state index contributed by atoms with van der Waals surface area (Å²) in [6.07, 6.45) is 2.40. The summed E-state index contributed by atoms with van der Waals surface area (Å²) >= 11 is 0. The predicted molar refractivity (Wildman–Crippen MR) is 116 cm³/mol. The molecule has 0 spiro atoms. The predicted octanol–water partition coefficient (Wildman–Crippen LogP) is -1.10. The second-order valence-corrected chi connectivity index (χ2v) is 9.23. The second-order valence-electron chi connectivity index (χ2n) is 6.45. The van der Waals surface area contributed by atoms with Gasteiger partial charge in [0.25, 0.3) is 20.2 Å². The minimum absolute atomic E-state index is 0. The topological polar surface area (TPSA) is 176 Å². The first-order chi connectivity index (χ1) is 14.8. The Hall–Kier alpha value is -2.10. The van der Waals surface area contributed by atoms with E-state index in [-0.39, 0.29) is 58.7 Å². The van der Waals surface area contributed by atoms with Crippen LogP contribution in [0.1, 0.15) is 18.1 Å². The average Bonchev–Trinajstić information content (AvgIpc) is 2.65. The van der Waals surface area contributed by atoms with Crippen molar-refractivity contribution in [3.63, 3.8) is 0 Å². The summed E-state index contributed by atoms with van der Waals surface area (Å²) in [5.74, 6) is -1.00. The summed E-state index contributed by atoms with van der Waals surface area (Å²) in [5.41, 5.74) is 0.164. The number of hydrogen-bond donors (Lipinski definition) is 4. The first kappa shape index (κ1) is 28.9. The normalized spacial score (nSPS) is 11.6. The molecule has 0 saturated carbocycles. The van der Waals surface area contributed by atoms with Crippen LogP contribution in [0.4, 0.5) is 11.4 Å². The molecule has 33 heavy (non-hydrogen) atoms. The molecule has 2 amide bonds. The Labute approximate surface area is 213 Å². The minimum Gasteiger partial charge on any atom is -0.375 e. The Kier molecular flexibility index (Phi) is 10.4. The Morgan fingerprint density at radius 3 is 1.67 bits per heavy atom. The third-order valence-corrected chi connectivity index (χ3v) is 5.72. The maximum Gasteiger partial charge on any atom is 1.00 e. The van der Waals surface area contributed by atoms with E-state index in [1.165, 1.54) is 50.5 Å². The van der Waals surface area contributed by atoms with Gasteiger partial charge in [-0.15, -0.1) is 0 Å². The molecular weight excluding hydrogens is 487 g/mol. The summed E-state index contributed by atoms with van der Waals surface area (Å²) in [6, 6.07) is 7.37. The van der Waals surface area contributed by atoms with Gasteiger partial charge >= 0.3 is 29.6 Å². The average molecular weight is 507 g/mol. The molecule has 0 unspecified atom stereocenters. The summed E-state index contributed by atoms with van der Waals surface area (Å²) < 4.78 is 70.9. The van der Waals surface area contributed by atoms with Gasteiger partial charge in [-0.05, 0) is 35.4 Å². The van der Waals surface area contributed by atoms with E-state index in [2.05, 4.69) is 15.4 Å². The fraction of sp³-hybridized carbons (Fsp3) is 0.158. The number of carbonyl (C=O) groups excluding carboxylic acids is 2. The van der Waals surface area contributed by atoms with Crippen LogP contribution < -0.4 is 40.2 Å². The third kappa shape index (κ3) is 8.64. The van der Waals surface area contributed by atoms with Gasteiger partial charge in [0.2, 0.25) is 11.8 Å². The molecule has 2 rings (SSSR count). The SMILES string of the molecule is COCC(=O)Nc1ccc(/C=C/c2ccc(NC(C)=O)cc2S(=O)(=O)O)c(S(=O)(=O)O)c1.[Na+]. The fourth-order valence-electron chi connectivity index (χ4n) is 2.66. The molecular formula is C19H20N2NaO9S2+. The molecule has 0 heterocycles. The van der Waals surface area contributed by atoms with Crippen molar-refractivity contribution in [3.05, 3.63) is 47.5 Å². The Bertz CT molecular complexity index is 1290. The third-order valence-electron chi connectivity index (χ3n) is 3.90. The van der Waals surface area contributed by atoms with Crippen LogP contribution in [0.25, 0.3) is 12.2 Å². The van der Waals surface area contributed by atoms with Crippen molar-refractivity contribution in [2.75, 3.05) is 24.4 Å². The van der Waals surface area contributed by atoms with E-state index in [1.807, 2.05) is 0 Å². The van der Waals surface area contributed by atoms with E-state index in [9.17, 15) is 35.5 Å². The molecule has 0 aliphatic heterocycles. The van der Waals surface area contributed by atoms with Gasteiger partial charge in [0.15, 0.2) is 0 Å². The molecule has 0 aromatic heterocycles. The van der Waals surface area contributed by atoms with Gasteiger partial charge in [-0.3, -0.25) is 18.7 Å². The molecule has 0 aliphatic rings. The van der Waals surface area contributed by atoms with Crippen LogP contribution in [-0.4, -0.2) is 51.5 Å². The number of ether oxygens (including phenoxy) is 1. The smallest absolute Gasteiger partial charge is 0.375 e. The number of methoxy groups -OCH3 is 1. The maximum atomic E-state index is 11.8. The summed E-state index contributed by atoms with van der Waals surface area (Å²) in [6.45, 7) is 0.953. The molecule has 11 nitrogen and oxygen atoms in total. The molecule has 4 N–H and O–H groups in total. The molecule has 0 saturated heterocycles. The van der Waals surface area contributed by atoms with Crippen LogP contribution in [0.5, 0.6) is 0 Å². The molecule has 172 valence electrons. The van der Waals surface area contributed by atoms with Crippen molar-refractivity contribution in [1.82, 2.24) is 0 Å². The zero-order valence-corrected chi connectivity index (χ0v) is 21.5. The molecule has 0 aliphatic carbocycles. The van der Waals surface area contributed by atoms with Crippen LogP contribution in [-0.2, 0) is 34.6 Å². The van der Waals surface area contributed by atoms with Crippen molar-refractivity contribution in [2.24, 2.45) is 0 Å². The minimum atomic E-state index is -4.72. The van der Waals surface area contributed by atoms with Crippen molar-refractivity contribution >= 4 is 55.6 Å². The summed E-state index contributed by atoms with van der Waals surface area (Å²) in [5, 5.41) is 4.78. The Morgan fingerprint density at radius 1 is 0.879 bits per heavy atom. The number of anilines is 2. The van der Waals surface area contributed by atoms with Gasteiger partial charge < -0.3 is 15.4 Å². The number of rotatable bonds is 8. The van der Waals surface area contributed by atoms with Crippen LogP contribution in [0.2, 0.25) is 0 Å². The molecule has 0 fully saturated rings. The Balaban J connectivity index is 0.00000544. The summed E-state index contributed by atoms with van der Waals surface area (Å²) in [7, 11) is -8.10. The molecule has 0 radical (unpaired) electrons. The molecule has 2 aromatic rings. The quantitative estimate of drug-likeness (QED) is 0.196. The zero-order chi connectivity index (χ0) is 24.1. The molecule has 14 heteroatoms. The van der Waals surface area contributed by atoms with Gasteiger partial charge in [-0.2, -0.15) is 16.8 Å². The van der Waals surface area contributed by atoms with Crippen molar-refractivity contribution in [2.45, 2.75) is 16.7 Å². The molecule has 2 aromatic carbocycles. The monoisotopic (exact) mass is 507 g/mol. The van der Waals surface area contributed by atoms with Gasteiger partial charge in [0.05, 0.1) is 0 Å². The van der Waals surface area contributed by atoms with E-state index >= 15 is 0 Å². The zero-order valence-electron chi connectivity index (χ0n) is 17.9. The van der Waals surface area contributed by atoms with E-state index in [4.69, 9.17) is 0 Å². The second kappa shape index (κ2) is 11.9. The fourth-order valence-corrected chi connectivity index (χ4v) is 4.08. The van der Waals surface area contributed by atoms with Gasteiger partial charge in [0, 0.05) is 25.4 Å². The first-order valence-corrected chi connectivity index (χ1v) is 11.7. The van der Waals surface area contributed by atoms with E-state index in [0.29, 0.717) is 0 Å². The molecule has 0 atom stereocenters. The van der Waals surface area contributed by atoms with Gasteiger partial charge in [-0.25, -0.2) is 0 Å². The number of hydrogen-bond acceptors (Lipinski definition) is 7. The van der Waals surface area contributed by atoms with Gasteiger partial charge in [0.1, 0.15) is 16.4 Å². The van der Waals surface area contributed by atoms with E-state index < -0.39 is 41.8 Å². The van der Waals surface area contributed by atoms with E-state index in [0.717, 1.165) is 12.1 Å². The van der Waals surface area contributed by atoms with Crippen LogP contribution in [0, 0.1) is 0 Å². The number of nitrogens with one attached hydrogen (secondary N) is 2. The van der Waals surface area contributed by atoms with Gasteiger partial charge in [-0.1, -0.05) is 24.3 Å². The van der Waals surface area contributed by atoms with Crippen LogP contribution in [0.3, 0.4) is 0 Å². The standard InChI is InChI=1S/C19H20N2O9S2.Na/c1-12(22)20-15-7-5-13(17(9-15)31(24,25)26)3-4-14-6-8-16(21-19(23)11-30-2)10-18(14)32(27,28)29;/h3-10H,11H2,1-2H3,(H,20,22)(H,21,23)(H,24,25,26)(H,27,28,29);/q;+1/b4-3+;. The number of carbonyl (C=O) groups is 2. The van der Waals surface area contributed by atoms with Crippen molar-refractivity contribution < 1.29 is 69.8 Å². The largest absolute Gasteiger partial charge is 1.00 e. The number of amides is 2. The first-order valence-electron chi connectivity index (χ1n) is 8.79.